The zero-order chi connectivity index (χ0) is 15.4. The van der Waals surface area contributed by atoms with Gasteiger partial charge < -0.3 is 14.6 Å². The third-order valence-electron chi connectivity index (χ3n) is 7.85. The smallest absolute Gasteiger partial charge is 0.168 e. The fraction of sp³-hybridized carbons (Fsp3) is 1.00. The maximum atomic E-state index is 9.74. The van der Waals surface area contributed by atoms with Gasteiger partial charge in [-0.25, -0.2) is 0 Å². The molecule has 3 heteroatoms. The molecule has 4 rings (SSSR count). The van der Waals surface area contributed by atoms with Crippen LogP contribution in [0, 0.1) is 28.6 Å². The summed E-state index contributed by atoms with van der Waals surface area (Å²) in [5.41, 5.74) is 0.651. The fourth-order valence-corrected chi connectivity index (χ4v) is 6.40. The van der Waals surface area contributed by atoms with Crippen molar-refractivity contribution < 1.29 is 14.6 Å². The summed E-state index contributed by atoms with van der Waals surface area (Å²) in [7, 11) is 0. The highest BCUT2D eigenvalue weighted by molar-refractivity contribution is 5.05. The van der Waals surface area contributed by atoms with Crippen LogP contribution < -0.4 is 0 Å². The molecule has 0 aromatic heterocycles. The molecule has 4 fully saturated rings. The third-order valence-corrected chi connectivity index (χ3v) is 7.85. The Balaban J connectivity index is 1.53. The van der Waals surface area contributed by atoms with E-state index < -0.39 is 0 Å². The van der Waals surface area contributed by atoms with Gasteiger partial charge in [-0.05, 0) is 67.1 Å². The van der Waals surface area contributed by atoms with Crippen molar-refractivity contribution in [3.63, 3.8) is 0 Å². The average Bonchev–Trinajstić information content (AvgIpc) is 2.97. The molecule has 22 heavy (non-hydrogen) atoms. The van der Waals surface area contributed by atoms with E-state index in [4.69, 9.17) is 9.47 Å². The second-order valence-electron chi connectivity index (χ2n) is 9.17. The molecule has 1 saturated heterocycles. The summed E-state index contributed by atoms with van der Waals surface area (Å²) in [6.07, 6.45) is 9.87. The van der Waals surface area contributed by atoms with Crippen LogP contribution in [0.25, 0.3) is 0 Å². The Bertz CT molecular complexity index is 430. The van der Waals surface area contributed by atoms with Gasteiger partial charge in [0.1, 0.15) is 0 Å². The number of ether oxygens (including phenoxy) is 2. The lowest BCUT2D eigenvalue weighted by molar-refractivity contribution is -0.226. The van der Waals surface area contributed by atoms with Gasteiger partial charge in [-0.1, -0.05) is 13.8 Å². The normalized spacial score (nSPS) is 50.6. The molecule has 0 aromatic carbocycles. The predicted molar refractivity (Wildman–Crippen MR) is 85.3 cm³/mol. The molecular weight excluding hydrogens is 276 g/mol. The first-order valence-electron chi connectivity index (χ1n) is 9.38. The number of aliphatic hydroxyl groups is 1. The maximum Gasteiger partial charge on any atom is 0.168 e. The Morgan fingerprint density at radius 1 is 0.955 bits per heavy atom. The van der Waals surface area contributed by atoms with Crippen LogP contribution in [0.5, 0.6) is 0 Å². The molecule has 0 amide bonds. The Kier molecular flexibility index (Phi) is 3.63. The summed E-state index contributed by atoms with van der Waals surface area (Å²) in [5.74, 6) is 2.21. The first-order valence-corrected chi connectivity index (χ1v) is 9.38. The summed E-state index contributed by atoms with van der Waals surface area (Å²) < 4.78 is 12.0. The standard InChI is InChI=1S/C19H32O3/c1-17(13-20)6-5-16-14(11-17)3-4-15-12-19(21-9-10-22-19)8-7-18(15,16)2/h14-16,20H,3-13H2,1-2H3/t14-,15+,16-,17-,18-/m0/s1. The number of hydrogen-bond acceptors (Lipinski definition) is 3. The average molecular weight is 308 g/mol. The van der Waals surface area contributed by atoms with E-state index in [1.807, 2.05) is 0 Å². The van der Waals surface area contributed by atoms with Crippen molar-refractivity contribution in [3.8, 4) is 0 Å². The zero-order valence-corrected chi connectivity index (χ0v) is 14.3. The van der Waals surface area contributed by atoms with E-state index in [-0.39, 0.29) is 11.2 Å². The first-order chi connectivity index (χ1) is 10.5. The molecule has 0 radical (unpaired) electrons. The number of aliphatic hydroxyl groups excluding tert-OH is 1. The second kappa shape index (κ2) is 5.19. The lowest BCUT2D eigenvalue weighted by Gasteiger charge is -2.59. The Morgan fingerprint density at radius 2 is 1.73 bits per heavy atom. The highest BCUT2D eigenvalue weighted by atomic mass is 16.7. The fourth-order valence-electron chi connectivity index (χ4n) is 6.40. The van der Waals surface area contributed by atoms with E-state index >= 15 is 0 Å². The highest BCUT2D eigenvalue weighted by Crippen LogP contribution is 2.63. The van der Waals surface area contributed by atoms with Crippen LogP contribution in [0.3, 0.4) is 0 Å². The van der Waals surface area contributed by atoms with E-state index in [1.165, 1.54) is 38.5 Å². The summed E-state index contributed by atoms with van der Waals surface area (Å²) >= 11 is 0. The SMILES string of the molecule is C[C@]1(CO)CC[C@H]2[C@@H](CC[C@@H]3CC4(CC[C@@]32C)OCCO4)C1. The summed E-state index contributed by atoms with van der Waals surface area (Å²) in [4.78, 5) is 0. The van der Waals surface area contributed by atoms with Crippen LogP contribution in [0.2, 0.25) is 0 Å². The Morgan fingerprint density at radius 3 is 2.45 bits per heavy atom. The lowest BCUT2D eigenvalue weighted by atomic mass is 9.47. The largest absolute Gasteiger partial charge is 0.396 e. The van der Waals surface area contributed by atoms with Gasteiger partial charge in [0.05, 0.1) is 13.2 Å². The van der Waals surface area contributed by atoms with Gasteiger partial charge in [0, 0.05) is 19.4 Å². The Labute approximate surface area is 134 Å². The molecule has 0 aromatic rings. The number of hydrogen-bond donors (Lipinski definition) is 1. The summed E-state index contributed by atoms with van der Waals surface area (Å²) in [5, 5.41) is 9.74. The van der Waals surface area contributed by atoms with Crippen molar-refractivity contribution in [2.75, 3.05) is 19.8 Å². The molecule has 3 saturated carbocycles. The van der Waals surface area contributed by atoms with E-state index in [0.29, 0.717) is 12.0 Å². The van der Waals surface area contributed by atoms with Crippen molar-refractivity contribution in [3.05, 3.63) is 0 Å². The summed E-state index contributed by atoms with van der Waals surface area (Å²) in [6, 6.07) is 0. The van der Waals surface area contributed by atoms with Gasteiger partial charge in [-0.2, -0.15) is 0 Å². The Hall–Kier alpha value is -0.120. The van der Waals surface area contributed by atoms with E-state index in [9.17, 15) is 5.11 Å². The van der Waals surface area contributed by atoms with Crippen LogP contribution in [0.15, 0.2) is 0 Å². The second-order valence-corrected chi connectivity index (χ2v) is 9.17. The monoisotopic (exact) mass is 308 g/mol. The van der Waals surface area contributed by atoms with E-state index in [0.717, 1.165) is 43.8 Å². The molecule has 126 valence electrons. The molecule has 0 bridgehead atoms. The first kappa shape index (κ1) is 15.4. The molecule has 3 aliphatic carbocycles. The lowest BCUT2D eigenvalue weighted by Crippen LogP contribution is -2.54. The van der Waals surface area contributed by atoms with Crippen LogP contribution in [0.4, 0.5) is 0 Å². The minimum atomic E-state index is -0.231. The van der Waals surface area contributed by atoms with Crippen molar-refractivity contribution in [2.24, 2.45) is 28.6 Å². The molecule has 5 atom stereocenters. The van der Waals surface area contributed by atoms with Crippen LogP contribution in [0.1, 0.15) is 65.2 Å². The molecule has 0 unspecified atom stereocenters. The number of fused-ring (bicyclic) bond motifs is 3. The minimum Gasteiger partial charge on any atom is -0.396 e. The number of rotatable bonds is 1. The summed E-state index contributed by atoms with van der Waals surface area (Å²) in [6.45, 7) is 6.77. The molecular formula is C19H32O3. The van der Waals surface area contributed by atoms with Gasteiger partial charge in [0.25, 0.3) is 0 Å². The van der Waals surface area contributed by atoms with Crippen molar-refractivity contribution >= 4 is 0 Å². The molecule has 4 aliphatic rings. The van der Waals surface area contributed by atoms with Crippen LogP contribution >= 0.6 is 0 Å². The van der Waals surface area contributed by atoms with Gasteiger partial charge in [-0.3, -0.25) is 0 Å². The molecule has 1 N–H and O–H groups in total. The maximum absolute atomic E-state index is 9.74. The molecule has 1 aliphatic heterocycles. The quantitative estimate of drug-likeness (QED) is 0.802. The predicted octanol–water partition coefficient (Wildman–Crippen LogP) is 3.74. The highest BCUT2D eigenvalue weighted by Gasteiger charge is 2.57. The van der Waals surface area contributed by atoms with Crippen LogP contribution in [-0.4, -0.2) is 30.7 Å². The van der Waals surface area contributed by atoms with Gasteiger partial charge in [0.2, 0.25) is 0 Å². The van der Waals surface area contributed by atoms with Gasteiger partial charge in [-0.15, -0.1) is 0 Å². The molecule has 1 spiro atoms. The van der Waals surface area contributed by atoms with Gasteiger partial charge in [0.15, 0.2) is 5.79 Å². The molecule has 1 heterocycles. The van der Waals surface area contributed by atoms with Crippen molar-refractivity contribution in [1.29, 1.82) is 0 Å². The minimum absolute atomic E-state index is 0.178. The molecule has 3 nitrogen and oxygen atoms in total. The third kappa shape index (κ3) is 2.27. The van der Waals surface area contributed by atoms with Crippen LogP contribution in [-0.2, 0) is 9.47 Å². The van der Waals surface area contributed by atoms with Gasteiger partial charge >= 0.3 is 0 Å². The van der Waals surface area contributed by atoms with E-state index in [2.05, 4.69) is 13.8 Å². The zero-order valence-electron chi connectivity index (χ0n) is 14.3. The van der Waals surface area contributed by atoms with E-state index in [1.54, 1.807) is 0 Å². The topological polar surface area (TPSA) is 38.7 Å². The van der Waals surface area contributed by atoms with Crippen molar-refractivity contribution in [2.45, 2.75) is 71.0 Å². The van der Waals surface area contributed by atoms with Crippen molar-refractivity contribution in [1.82, 2.24) is 0 Å².